The second-order valence-corrected chi connectivity index (χ2v) is 6.46. The summed E-state index contributed by atoms with van der Waals surface area (Å²) in [5.74, 6) is 0.972. The summed E-state index contributed by atoms with van der Waals surface area (Å²) in [4.78, 5) is 32.9. The largest absolute Gasteiger partial charge is 0.353 e. The van der Waals surface area contributed by atoms with E-state index in [4.69, 9.17) is 0 Å². The van der Waals surface area contributed by atoms with Crippen LogP contribution in [0.25, 0.3) is 0 Å². The summed E-state index contributed by atoms with van der Waals surface area (Å²) in [5.41, 5.74) is 0.792. The number of piperazine rings is 1. The highest BCUT2D eigenvalue weighted by Crippen LogP contribution is 2.17. The molecule has 6 heteroatoms. The SMILES string of the molecule is CC(=O)C1CN(c2ccccn2)CCN1CCC(=O)Nc1ccccc1. The average Bonchev–Trinajstić information content (AvgIpc) is 2.67. The highest BCUT2D eigenvalue weighted by molar-refractivity contribution is 5.90. The molecule has 0 bridgehead atoms. The summed E-state index contributed by atoms with van der Waals surface area (Å²) in [6.07, 6.45) is 2.13. The van der Waals surface area contributed by atoms with E-state index in [0.717, 1.165) is 24.6 Å². The summed E-state index contributed by atoms with van der Waals surface area (Å²) in [6.45, 7) is 4.32. The van der Waals surface area contributed by atoms with Crippen molar-refractivity contribution in [3.8, 4) is 0 Å². The number of ketones is 1. The van der Waals surface area contributed by atoms with Crippen molar-refractivity contribution in [2.45, 2.75) is 19.4 Å². The fourth-order valence-electron chi connectivity index (χ4n) is 3.21. The van der Waals surface area contributed by atoms with E-state index in [1.54, 1.807) is 13.1 Å². The number of hydrogen-bond acceptors (Lipinski definition) is 5. The normalized spacial score (nSPS) is 17.7. The van der Waals surface area contributed by atoms with Crippen molar-refractivity contribution in [2.75, 3.05) is 36.4 Å². The molecule has 3 rings (SSSR count). The number of pyridine rings is 1. The van der Waals surface area contributed by atoms with Crippen LogP contribution in [0, 0.1) is 0 Å². The zero-order valence-electron chi connectivity index (χ0n) is 15.0. The monoisotopic (exact) mass is 352 g/mol. The molecule has 1 saturated heterocycles. The Balaban J connectivity index is 1.56. The maximum absolute atomic E-state index is 12.2. The third kappa shape index (κ3) is 4.67. The number of nitrogens with one attached hydrogen (secondary N) is 1. The first kappa shape index (κ1) is 18.1. The number of hydrogen-bond donors (Lipinski definition) is 1. The highest BCUT2D eigenvalue weighted by atomic mass is 16.1. The van der Waals surface area contributed by atoms with Gasteiger partial charge in [0.05, 0.1) is 6.04 Å². The molecule has 1 atom stereocenters. The Kier molecular flexibility index (Phi) is 5.96. The van der Waals surface area contributed by atoms with Crippen molar-refractivity contribution >= 4 is 23.2 Å². The average molecular weight is 352 g/mol. The number of anilines is 2. The van der Waals surface area contributed by atoms with Gasteiger partial charge in [-0.1, -0.05) is 24.3 Å². The zero-order chi connectivity index (χ0) is 18.4. The summed E-state index contributed by atoms with van der Waals surface area (Å²) in [7, 11) is 0. The molecule has 1 aliphatic rings. The van der Waals surface area contributed by atoms with Gasteiger partial charge < -0.3 is 10.2 Å². The van der Waals surface area contributed by atoms with Gasteiger partial charge in [-0.2, -0.15) is 0 Å². The molecule has 2 aromatic rings. The summed E-state index contributed by atoms with van der Waals surface area (Å²) >= 11 is 0. The smallest absolute Gasteiger partial charge is 0.225 e. The second-order valence-electron chi connectivity index (χ2n) is 6.46. The van der Waals surface area contributed by atoms with Crippen molar-refractivity contribution < 1.29 is 9.59 Å². The molecule has 136 valence electrons. The lowest BCUT2D eigenvalue weighted by Gasteiger charge is -2.40. The molecule has 6 nitrogen and oxygen atoms in total. The Hall–Kier alpha value is -2.73. The van der Waals surface area contributed by atoms with Crippen LogP contribution in [0.2, 0.25) is 0 Å². The van der Waals surface area contributed by atoms with Gasteiger partial charge in [0.15, 0.2) is 0 Å². The first-order valence-electron chi connectivity index (χ1n) is 8.89. The Labute approximate surface area is 153 Å². The van der Waals surface area contributed by atoms with E-state index < -0.39 is 0 Å². The van der Waals surface area contributed by atoms with Crippen LogP contribution in [-0.4, -0.2) is 53.8 Å². The highest BCUT2D eigenvalue weighted by Gasteiger charge is 2.30. The summed E-state index contributed by atoms with van der Waals surface area (Å²) in [5, 5.41) is 2.89. The Bertz CT molecular complexity index is 736. The Morgan fingerprint density at radius 1 is 1.12 bits per heavy atom. The van der Waals surface area contributed by atoms with E-state index in [1.807, 2.05) is 48.5 Å². The van der Waals surface area contributed by atoms with Crippen molar-refractivity contribution in [1.29, 1.82) is 0 Å². The van der Waals surface area contributed by atoms with E-state index in [1.165, 1.54) is 0 Å². The molecule has 1 fully saturated rings. The van der Waals surface area contributed by atoms with Gasteiger partial charge in [-0.3, -0.25) is 14.5 Å². The van der Waals surface area contributed by atoms with Crippen LogP contribution in [0.3, 0.4) is 0 Å². The number of Topliss-reactive ketones (excluding diaryl/α,β-unsaturated/α-hetero) is 1. The lowest BCUT2D eigenvalue weighted by Crippen LogP contribution is -2.56. The molecule has 2 heterocycles. The number of benzene rings is 1. The van der Waals surface area contributed by atoms with Crippen molar-refractivity contribution in [2.24, 2.45) is 0 Å². The Morgan fingerprint density at radius 3 is 2.58 bits per heavy atom. The van der Waals surface area contributed by atoms with E-state index in [-0.39, 0.29) is 17.7 Å². The topological polar surface area (TPSA) is 65.5 Å². The fourth-order valence-corrected chi connectivity index (χ4v) is 3.21. The fraction of sp³-hybridized carbons (Fsp3) is 0.350. The standard InChI is InChI=1S/C20H24N4O2/c1-16(25)18-15-24(19-9-5-6-11-21-19)14-13-23(18)12-10-20(26)22-17-7-3-2-4-8-17/h2-9,11,18H,10,12-15H2,1H3,(H,22,26). The molecule has 0 saturated carbocycles. The van der Waals surface area contributed by atoms with Gasteiger partial charge in [-0.05, 0) is 31.2 Å². The molecule has 26 heavy (non-hydrogen) atoms. The number of carbonyl (C=O) groups excluding carboxylic acids is 2. The molecule has 1 aromatic heterocycles. The first-order chi connectivity index (χ1) is 12.6. The minimum Gasteiger partial charge on any atom is -0.353 e. The molecule has 1 N–H and O–H groups in total. The molecule has 1 aliphatic heterocycles. The third-order valence-electron chi connectivity index (χ3n) is 4.62. The van der Waals surface area contributed by atoms with Crippen LogP contribution < -0.4 is 10.2 Å². The maximum atomic E-state index is 12.2. The van der Waals surface area contributed by atoms with Crippen molar-refractivity contribution in [3.05, 3.63) is 54.7 Å². The molecule has 0 radical (unpaired) electrons. The van der Waals surface area contributed by atoms with Gasteiger partial charge in [0.2, 0.25) is 5.91 Å². The van der Waals surface area contributed by atoms with Crippen LogP contribution in [0.4, 0.5) is 11.5 Å². The van der Waals surface area contributed by atoms with Gasteiger partial charge >= 0.3 is 0 Å². The van der Waals surface area contributed by atoms with Crippen LogP contribution in [-0.2, 0) is 9.59 Å². The van der Waals surface area contributed by atoms with E-state index >= 15 is 0 Å². The zero-order valence-corrected chi connectivity index (χ0v) is 15.0. The summed E-state index contributed by atoms with van der Waals surface area (Å²) < 4.78 is 0. The molecule has 0 spiro atoms. The van der Waals surface area contributed by atoms with Crippen molar-refractivity contribution in [1.82, 2.24) is 9.88 Å². The lowest BCUT2D eigenvalue weighted by molar-refractivity contribution is -0.123. The van der Waals surface area contributed by atoms with Crippen molar-refractivity contribution in [3.63, 3.8) is 0 Å². The number of rotatable bonds is 6. The molecule has 1 amide bonds. The number of aromatic nitrogens is 1. The number of amides is 1. The summed E-state index contributed by atoms with van der Waals surface area (Å²) in [6, 6.07) is 15.0. The van der Waals surface area contributed by atoms with Gasteiger partial charge in [0.25, 0.3) is 0 Å². The molecular formula is C20H24N4O2. The predicted octanol–water partition coefficient (Wildman–Crippen LogP) is 2.19. The molecule has 1 unspecified atom stereocenters. The van der Waals surface area contributed by atoms with E-state index in [9.17, 15) is 9.59 Å². The predicted molar refractivity (Wildman–Crippen MR) is 102 cm³/mol. The number of carbonyl (C=O) groups is 2. The van der Waals surface area contributed by atoms with E-state index in [2.05, 4.69) is 20.1 Å². The van der Waals surface area contributed by atoms with E-state index in [0.29, 0.717) is 19.5 Å². The van der Waals surface area contributed by atoms with Crippen LogP contribution in [0.15, 0.2) is 54.7 Å². The third-order valence-corrected chi connectivity index (χ3v) is 4.62. The molecule has 1 aromatic carbocycles. The second kappa shape index (κ2) is 8.58. The quantitative estimate of drug-likeness (QED) is 0.863. The maximum Gasteiger partial charge on any atom is 0.225 e. The number of nitrogens with zero attached hydrogens (tertiary/aromatic N) is 3. The van der Waals surface area contributed by atoms with Gasteiger partial charge in [-0.25, -0.2) is 4.98 Å². The van der Waals surface area contributed by atoms with Gasteiger partial charge in [-0.15, -0.1) is 0 Å². The lowest BCUT2D eigenvalue weighted by atomic mass is 10.1. The molecule has 0 aliphatic carbocycles. The van der Waals surface area contributed by atoms with Gasteiger partial charge in [0, 0.05) is 44.5 Å². The van der Waals surface area contributed by atoms with Crippen LogP contribution in [0.1, 0.15) is 13.3 Å². The molecular weight excluding hydrogens is 328 g/mol. The van der Waals surface area contributed by atoms with Crippen LogP contribution in [0.5, 0.6) is 0 Å². The Morgan fingerprint density at radius 2 is 1.88 bits per heavy atom. The minimum atomic E-state index is -0.213. The minimum absolute atomic E-state index is 0.0364. The first-order valence-corrected chi connectivity index (χ1v) is 8.89. The van der Waals surface area contributed by atoms with Gasteiger partial charge in [0.1, 0.15) is 11.6 Å². The number of para-hydroxylation sites is 1. The van der Waals surface area contributed by atoms with Crippen LogP contribution >= 0.6 is 0 Å².